The van der Waals surface area contributed by atoms with Crippen molar-refractivity contribution in [2.24, 2.45) is 10.8 Å². The second kappa shape index (κ2) is 5.04. The van der Waals surface area contributed by atoms with Gasteiger partial charge in [-0.2, -0.15) is 0 Å². The molecule has 3 aliphatic rings. The third kappa shape index (κ3) is 2.85. The summed E-state index contributed by atoms with van der Waals surface area (Å²) in [6.07, 6.45) is 8.75. The van der Waals surface area contributed by atoms with Crippen LogP contribution in [-0.4, -0.2) is 48.6 Å². The Balaban J connectivity index is 1.43. The van der Waals surface area contributed by atoms with Gasteiger partial charge in [0.2, 0.25) is 0 Å². The van der Waals surface area contributed by atoms with Gasteiger partial charge in [-0.05, 0) is 69.9 Å². The predicted molar refractivity (Wildman–Crippen MR) is 81.4 cm³/mol. The molecular weight excluding hydrogens is 232 g/mol. The summed E-state index contributed by atoms with van der Waals surface area (Å²) in [6, 6.07) is 0.743. The summed E-state index contributed by atoms with van der Waals surface area (Å²) in [6.45, 7) is 13.9. The molecular formula is C17H32N2. The molecule has 0 N–H and O–H groups in total. The predicted octanol–water partition coefficient (Wildman–Crippen LogP) is 3.37. The fraction of sp³-hybridized carbons (Fsp3) is 1.00. The minimum absolute atomic E-state index is 0.716. The van der Waals surface area contributed by atoms with Crippen molar-refractivity contribution in [1.82, 2.24) is 9.80 Å². The largest absolute Gasteiger partial charge is 0.302 e. The van der Waals surface area contributed by atoms with E-state index in [4.69, 9.17) is 0 Å². The molecule has 2 nitrogen and oxygen atoms in total. The first-order valence-electron chi connectivity index (χ1n) is 8.53. The molecule has 1 aliphatic carbocycles. The Morgan fingerprint density at radius 1 is 1.00 bits per heavy atom. The highest BCUT2D eigenvalue weighted by atomic mass is 15.2. The average Bonchev–Trinajstić information content (AvgIpc) is 3.08. The molecule has 110 valence electrons. The molecule has 0 aromatic heterocycles. The molecule has 0 atom stereocenters. The molecule has 2 saturated heterocycles. The van der Waals surface area contributed by atoms with Gasteiger partial charge in [0.05, 0.1) is 0 Å². The molecule has 1 spiro atoms. The zero-order valence-corrected chi connectivity index (χ0v) is 13.2. The normalized spacial score (nSPS) is 29.7. The number of likely N-dealkylation sites (tertiary alicyclic amines) is 2. The zero-order chi connectivity index (χ0) is 13.5. The summed E-state index contributed by atoms with van der Waals surface area (Å²) in [4.78, 5) is 5.43. The lowest BCUT2D eigenvalue weighted by atomic mass is 9.71. The number of rotatable bonds is 5. The number of hydrogen-bond donors (Lipinski definition) is 0. The molecule has 2 heteroatoms. The van der Waals surface area contributed by atoms with Crippen molar-refractivity contribution < 1.29 is 0 Å². The maximum Gasteiger partial charge on any atom is 0.00517 e. The third-order valence-corrected chi connectivity index (χ3v) is 6.00. The standard InChI is InChI=1S/C17H32N2/c1-4-5-16(6-7-16)12-18-13-17(14-18)8-10-19(11-9-17)15(2)3/h15H,4-14H2,1-3H3. The molecule has 2 heterocycles. The van der Waals surface area contributed by atoms with Crippen LogP contribution >= 0.6 is 0 Å². The fourth-order valence-electron chi connectivity index (χ4n) is 4.51. The van der Waals surface area contributed by atoms with E-state index in [0.717, 1.165) is 11.5 Å². The van der Waals surface area contributed by atoms with Crippen LogP contribution in [-0.2, 0) is 0 Å². The lowest BCUT2D eigenvalue weighted by molar-refractivity contribution is -0.0603. The van der Waals surface area contributed by atoms with E-state index < -0.39 is 0 Å². The molecule has 0 radical (unpaired) electrons. The van der Waals surface area contributed by atoms with Crippen molar-refractivity contribution in [2.45, 2.75) is 65.3 Å². The number of piperidine rings is 1. The molecule has 0 amide bonds. The first-order chi connectivity index (χ1) is 9.06. The smallest absolute Gasteiger partial charge is 0.00517 e. The second-order valence-electron chi connectivity index (χ2n) is 8.02. The van der Waals surface area contributed by atoms with E-state index in [1.807, 2.05) is 0 Å². The zero-order valence-electron chi connectivity index (χ0n) is 13.2. The Hall–Kier alpha value is -0.0800. The van der Waals surface area contributed by atoms with E-state index in [1.165, 1.54) is 71.2 Å². The molecule has 3 fully saturated rings. The van der Waals surface area contributed by atoms with E-state index in [-0.39, 0.29) is 0 Å². The van der Waals surface area contributed by atoms with Crippen molar-refractivity contribution in [1.29, 1.82) is 0 Å². The molecule has 0 aromatic carbocycles. The molecule has 2 aliphatic heterocycles. The van der Waals surface area contributed by atoms with Crippen molar-refractivity contribution in [3.8, 4) is 0 Å². The topological polar surface area (TPSA) is 6.48 Å². The summed E-state index contributed by atoms with van der Waals surface area (Å²) in [7, 11) is 0. The maximum absolute atomic E-state index is 2.77. The Morgan fingerprint density at radius 3 is 2.11 bits per heavy atom. The van der Waals surface area contributed by atoms with E-state index in [0.29, 0.717) is 5.41 Å². The molecule has 0 bridgehead atoms. The quantitative estimate of drug-likeness (QED) is 0.751. The number of hydrogen-bond acceptors (Lipinski definition) is 2. The summed E-state index contributed by atoms with van der Waals surface area (Å²) >= 11 is 0. The Kier molecular flexibility index (Phi) is 3.68. The lowest BCUT2D eigenvalue weighted by Gasteiger charge is -2.55. The summed E-state index contributed by atoms with van der Waals surface area (Å²) < 4.78 is 0. The first-order valence-corrected chi connectivity index (χ1v) is 8.53. The van der Waals surface area contributed by atoms with Gasteiger partial charge in [0.1, 0.15) is 0 Å². The van der Waals surface area contributed by atoms with Crippen LogP contribution in [0.3, 0.4) is 0 Å². The van der Waals surface area contributed by atoms with Gasteiger partial charge in [0, 0.05) is 25.7 Å². The van der Waals surface area contributed by atoms with Gasteiger partial charge < -0.3 is 9.80 Å². The van der Waals surface area contributed by atoms with Crippen molar-refractivity contribution in [2.75, 3.05) is 32.7 Å². The average molecular weight is 264 g/mol. The molecule has 0 aromatic rings. The van der Waals surface area contributed by atoms with E-state index in [1.54, 1.807) is 0 Å². The SMILES string of the molecule is CCCC1(CN2CC3(CCN(C(C)C)CC3)C2)CC1. The van der Waals surface area contributed by atoms with Gasteiger partial charge >= 0.3 is 0 Å². The monoisotopic (exact) mass is 264 g/mol. The van der Waals surface area contributed by atoms with Gasteiger partial charge in [0.15, 0.2) is 0 Å². The van der Waals surface area contributed by atoms with Crippen LogP contribution in [0.1, 0.15) is 59.3 Å². The minimum Gasteiger partial charge on any atom is -0.302 e. The molecule has 3 rings (SSSR count). The summed E-state index contributed by atoms with van der Waals surface area (Å²) in [5.41, 5.74) is 1.47. The highest BCUT2D eigenvalue weighted by Crippen LogP contribution is 2.52. The van der Waals surface area contributed by atoms with Crippen LogP contribution in [0, 0.1) is 10.8 Å². The van der Waals surface area contributed by atoms with Crippen LogP contribution in [0.4, 0.5) is 0 Å². The summed E-state index contributed by atoms with van der Waals surface area (Å²) in [5.74, 6) is 0. The molecule has 19 heavy (non-hydrogen) atoms. The highest BCUT2D eigenvalue weighted by molar-refractivity contribution is 5.03. The lowest BCUT2D eigenvalue weighted by Crippen LogP contribution is -2.61. The van der Waals surface area contributed by atoms with Crippen LogP contribution in [0.5, 0.6) is 0 Å². The first kappa shape index (κ1) is 13.9. The maximum atomic E-state index is 2.77. The van der Waals surface area contributed by atoms with Crippen LogP contribution in [0.15, 0.2) is 0 Å². The minimum atomic E-state index is 0.716. The Morgan fingerprint density at radius 2 is 1.63 bits per heavy atom. The molecule has 0 unspecified atom stereocenters. The van der Waals surface area contributed by atoms with Gasteiger partial charge in [-0.3, -0.25) is 0 Å². The van der Waals surface area contributed by atoms with Crippen molar-refractivity contribution in [3.63, 3.8) is 0 Å². The van der Waals surface area contributed by atoms with Crippen LogP contribution in [0.2, 0.25) is 0 Å². The van der Waals surface area contributed by atoms with E-state index in [9.17, 15) is 0 Å². The van der Waals surface area contributed by atoms with Crippen molar-refractivity contribution >= 4 is 0 Å². The van der Waals surface area contributed by atoms with Crippen LogP contribution in [0.25, 0.3) is 0 Å². The van der Waals surface area contributed by atoms with Gasteiger partial charge in [0.25, 0.3) is 0 Å². The Bertz CT molecular complexity index is 303. The van der Waals surface area contributed by atoms with Crippen LogP contribution < -0.4 is 0 Å². The van der Waals surface area contributed by atoms with E-state index in [2.05, 4.69) is 30.6 Å². The second-order valence-corrected chi connectivity index (χ2v) is 8.02. The summed E-state index contributed by atoms with van der Waals surface area (Å²) in [5, 5.41) is 0. The van der Waals surface area contributed by atoms with Gasteiger partial charge in [-0.15, -0.1) is 0 Å². The molecule has 1 saturated carbocycles. The van der Waals surface area contributed by atoms with E-state index >= 15 is 0 Å². The fourth-order valence-corrected chi connectivity index (χ4v) is 4.51. The Labute approximate surface area is 119 Å². The highest BCUT2D eigenvalue weighted by Gasteiger charge is 2.50. The van der Waals surface area contributed by atoms with Crippen molar-refractivity contribution in [3.05, 3.63) is 0 Å². The van der Waals surface area contributed by atoms with Gasteiger partial charge in [-0.25, -0.2) is 0 Å². The number of nitrogens with zero attached hydrogens (tertiary/aromatic N) is 2. The third-order valence-electron chi connectivity index (χ3n) is 6.00. The van der Waals surface area contributed by atoms with Gasteiger partial charge in [-0.1, -0.05) is 13.3 Å².